The molecule has 1 heterocycles. The molecule has 1 aliphatic rings. The van der Waals surface area contributed by atoms with Crippen molar-refractivity contribution < 1.29 is 14.3 Å². The van der Waals surface area contributed by atoms with Crippen LogP contribution < -0.4 is 0 Å². The van der Waals surface area contributed by atoms with E-state index in [-0.39, 0.29) is 16.9 Å². The molecule has 0 spiro atoms. The van der Waals surface area contributed by atoms with Gasteiger partial charge in [-0.05, 0) is 6.92 Å². The molecule has 1 rings (SSSR count). The lowest BCUT2D eigenvalue weighted by Crippen LogP contribution is -2.39. The van der Waals surface area contributed by atoms with Crippen molar-refractivity contribution in [3.8, 4) is 0 Å². The van der Waals surface area contributed by atoms with Crippen molar-refractivity contribution >= 4 is 21.9 Å². The maximum absolute atomic E-state index is 10.8. The number of hydrogen-bond acceptors (Lipinski definition) is 3. The Morgan fingerprint density at radius 3 is 2.70 bits per heavy atom. The molecule has 0 saturated carbocycles. The lowest BCUT2D eigenvalue weighted by Gasteiger charge is -2.25. The molecule has 0 radical (unpaired) electrons. The highest BCUT2D eigenvalue weighted by Crippen LogP contribution is 2.09. The molecule has 0 N–H and O–H groups in total. The summed E-state index contributed by atoms with van der Waals surface area (Å²) < 4.78 is 9.76. The molecule has 4 heteroatoms. The number of carbonyl (C=O) groups excluding carboxylic acids is 1. The monoisotopic (exact) mass is 208 g/mol. The minimum atomic E-state index is -0.215. The number of rotatable bonds is 2. The van der Waals surface area contributed by atoms with E-state index in [0.29, 0.717) is 13.2 Å². The van der Waals surface area contributed by atoms with E-state index in [1.807, 2.05) is 0 Å². The van der Waals surface area contributed by atoms with E-state index in [0.717, 1.165) is 0 Å². The van der Waals surface area contributed by atoms with Gasteiger partial charge in [0, 0.05) is 0 Å². The van der Waals surface area contributed by atoms with Crippen LogP contribution in [0.3, 0.4) is 0 Å². The Hall–Kier alpha value is -0.0900. The standard InChI is InChI=1S/C6H9BrO3/c1-4(7)6(8)10-5-2-9-3-5/h4-5H,2-3H2,1H3. The van der Waals surface area contributed by atoms with Gasteiger partial charge in [-0.1, -0.05) is 15.9 Å². The zero-order chi connectivity index (χ0) is 7.56. The molecule has 1 atom stereocenters. The summed E-state index contributed by atoms with van der Waals surface area (Å²) in [6, 6.07) is 0. The van der Waals surface area contributed by atoms with Crippen molar-refractivity contribution in [1.82, 2.24) is 0 Å². The molecular formula is C6H9BrO3. The Kier molecular flexibility index (Phi) is 2.68. The largest absolute Gasteiger partial charge is 0.457 e. The van der Waals surface area contributed by atoms with Crippen molar-refractivity contribution in [3.63, 3.8) is 0 Å². The first-order valence-corrected chi connectivity index (χ1v) is 4.04. The summed E-state index contributed by atoms with van der Waals surface area (Å²) in [6.07, 6.45) is -0.00694. The fraction of sp³-hybridized carbons (Fsp3) is 0.833. The Balaban J connectivity index is 2.17. The summed E-state index contributed by atoms with van der Waals surface area (Å²) in [6.45, 7) is 2.83. The second kappa shape index (κ2) is 3.34. The average molecular weight is 209 g/mol. The van der Waals surface area contributed by atoms with Crippen LogP contribution in [0.1, 0.15) is 6.92 Å². The van der Waals surface area contributed by atoms with Gasteiger partial charge >= 0.3 is 5.97 Å². The third-order valence-electron chi connectivity index (χ3n) is 1.22. The zero-order valence-corrected chi connectivity index (χ0v) is 7.26. The van der Waals surface area contributed by atoms with Gasteiger partial charge in [0.1, 0.15) is 10.9 Å². The summed E-state index contributed by atoms with van der Waals surface area (Å²) in [7, 11) is 0. The van der Waals surface area contributed by atoms with Gasteiger partial charge in [-0.15, -0.1) is 0 Å². The molecule has 1 fully saturated rings. The van der Waals surface area contributed by atoms with Gasteiger partial charge in [0.15, 0.2) is 0 Å². The lowest BCUT2D eigenvalue weighted by atomic mass is 10.3. The van der Waals surface area contributed by atoms with Crippen LogP contribution in [0.15, 0.2) is 0 Å². The van der Waals surface area contributed by atoms with Crippen molar-refractivity contribution in [1.29, 1.82) is 0 Å². The molecule has 1 unspecified atom stereocenters. The third-order valence-corrected chi connectivity index (χ3v) is 1.59. The van der Waals surface area contributed by atoms with Crippen LogP contribution in [0.5, 0.6) is 0 Å². The lowest BCUT2D eigenvalue weighted by molar-refractivity contribution is -0.170. The van der Waals surface area contributed by atoms with Crippen LogP contribution in [0, 0.1) is 0 Å². The van der Waals surface area contributed by atoms with Crippen molar-refractivity contribution in [2.75, 3.05) is 13.2 Å². The molecule has 0 aromatic carbocycles. The van der Waals surface area contributed by atoms with E-state index in [1.54, 1.807) is 6.92 Å². The molecule has 3 nitrogen and oxygen atoms in total. The van der Waals surface area contributed by atoms with E-state index in [2.05, 4.69) is 15.9 Å². The highest BCUT2D eigenvalue weighted by molar-refractivity contribution is 9.10. The summed E-state index contributed by atoms with van der Waals surface area (Å²) in [5, 5.41) is 0. The number of ether oxygens (including phenoxy) is 2. The first kappa shape index (κ1) is 8.01. The smallest absolute Gasteiger partial charge is 0.319 e. The molecule has 0 bridgehead atoms. The van der Waals surface area contributed by atoms with Crippen LogP contribution in [-0.2, 0) is 14.3 Å². The highest BCUT2D eigenvalue weighted by Gasteiger charge is 2.24. The number of hydrogen-bond donors (Lipinski definition) is 0. The van der Waals surface area contributed by atoms with Crippen molar-refractivity contribution in [2.24, 2.45) is 0 Å². The van der Waals surface area contributed by atoms with E-state index in [4.69, 9.17) is 9.47 Å². The normalized spacial score (nSPS) is 21.4. The maximum Gasteiger partial charge on any atom is 0.319 e. The summed E-state index contributed by atoms with van der Waals surface area (Å²) in [5.74, 6) is -0.215. The number of halogens is 1. The minimum Gasteiger partial charge on any atom is -0.457 e. The van der Waals surface area contributed by atoms with E-state index in [9.17, 15) is 4.79 Å². The van der Waals surface area contributed by atoms with Crippen LogP contribution in [0.25, 0.3) is 0 Å². The molecule has 1 saturated heterocycles. The highest BCUT2D eigenvalue weighted by atomic mass is 79.9. The van der Waals surface area contributed by atoms with Gasteiger partial charge in [0.05, 0.1) is 13.2 Å². The second-order valence-electron chi connectivity index (χ2n) is 2.21. The molecule has 10 heavy (non-hydrogen) atoms. The van der Waals surface area contributed by atoms with E-state index >= 15 is 0 Å². The SMILES string of the molecule is CC(Br)C(=O)OC1COC1. The molecule has 0 aromatic heterocycles. The van der Waals surface area contributed by atoms with Crippen LogP contribution >= 0.6 is 15.9 Å². The molecular weight excluding hydrogens is 200 g/mol. The number of carbonyl (C=O) groups is 1. The summed E-state index contributed by atoms with van der Waals surface area (Å²) in [4.78, 5) is 10.6. The van der Waals surface area contributed by atoms with Gasteiger partial charge in [-0.3, -0.25) is 4.79 Å². The average Bonchev–Trinajstić information content (AvgIpc) is 1.77. The molecule has 58 valence electrons. The molecule has 0 aliphatic carbocycles. The molecule has 1 aliphatic heterocycles. The van der Waals surface area contributed by atoms with Crippen molar-refractivity contribution in [2.45, 2.75) is 17.9 Å². The zero-order valence-electron chi connectivity index (χ0n) is 5.67. The predicted molar refractivity (Wildman–Crippen MR) is 39.1 cm³/mol. The first-order chi connectivity index (χ1) is 4.70. The summed E-state index contributed by atoms with van der Waals surface area (Å²) in [5.41, 5.74) is 0. The minimum absolute atomic E-state index is 0.00694. The van der Waals surface area contributed by atoms with Crippen molar-refractivity contribution in [3.05, 3.63) is 0 Å². The van der Waals surface area contributed by atoms with Crippen LogP contribution in [-0.4, -0.2) is 30.1 Å². The van der Waals surface area contributed by atoms with Gasteiger partial charge in [0.2, 0.25) is 0 Å². The maximum atomic E-state index is 10.8. The molecule has 0 amide bonds. The Morgan fingerprint density at radius 1 is 1.80 bits per heavy atom. The Bertz CT molecular complexity index is 131. The van der Waals surface area contributed by atoms with Gasteiger partial charge in [-0.2, -0.15) is 0 Å². The third kappa shape index (κ3) is 1.95. The van der Waals surface area contributed by atoms with Crippen LogP contribution in [0.4, 0.5) is 0 Å². The fourth-order valence-electron chi connectivity index (χ4n) is 0.540. The predicted octanol–water partition coefficient (Wildman–Crippen LogP) is 0.712. The van der Waals surface area contributed by atoms with Gasteiger partial charge in [0.25, 0.3) is 0 Å². The fourth-order valence-corrected chi connectivity index (χ4v) is 0.648. The Morgan fingerprint density at radius 2 is 2.40 bits per heavy atom. The number of alkyl halides is 1. The van der Waals surface area contributed by atoms with E-state index in [1.165, 1.54) is 0 Å². The van der Waals surface area contributed by atoms with Crippen LogP contribution in [0.2, 0.25) is 0 Å². The number of esters is 1. The second-order valence-corrected chi connectivity index (χ2v) is 3.59. The van der Waals surface area contributed by atoms with Gasteiger partial charge in [-0.25, -0.2) is 0 Å². The molecule has 0 aromatic rings. The Labute approximate surface area is 67.8 Å². The first-order valence-electron chi connectivity index (χ1n) is 3.12. The topological polar surface area (TPSA) is 35.5 Å². The summed E-state index contributed by atoms with van der Waals surface area (Å²) >= 11 is 3.11. The quantitative estimate of drug-likeness (QED) is 0.496. The van der Waals surface area contributed by atoms with Gasteiger partial charge < -0.3 is 9.47 Å². The van der Waals surface area contributed by atoms with E-state index < -0.39 is 0 Å².